The van der Waals surface area contributed by atoms with Gasteiger partial charge in [-0.05, 0) is 34.5 Å². The summed E-state index contributed by atoms with van der Waals surface area (Å²) in [6.07, 6.45) is 5.57. The molecule has 5 rings (SSSR count). The third kappa shape index (κ3) is 3.37. The summed E-state index contributed by atoms with van der Waals surface area (Å²) in [5.41, 5.74) is 5.38. The Morgan fingerprint density at radius 3 is 3.04 bits per heavy atom. The van der Waals surface area contributed by atoms with E-state index in [4.69, 9.17) is 4.74 Å². The van der Waals surface area contributed by atoms with Gasteiger partial charge in [-0.15, -0.1) is 5.10 Å². The first-order valence-electron chi connectivity index (χ1n) is 8.97. The molecule has 0 saturated carbocycles. The number of nitrogens with zero attached hydrogens (tertiary/aromatic N) is 5. The van der Waals surface area contributed by atoms with Crippen LogP contribution in [0.25, 0.3) is 16.6 Å². The Kier molecular flexibility index (Phi) is 4.41. The lowest BCUT2D eigenvalue weighted by Gasteiger charge is -2.31. The van der Waals surface area contributed by atoms with E-state index >= 15 is 0 Å². The first kappa shape index (κ1) is 16.6. The average Bonchev–Trinajstić information content (AvgIpc) is 3.38. The largest absolute Gasteiger partial charge is 0.369 e. The van der Waals surface area contributed by atoms with Crippen LogP contribution in [0.2, 0.25) is 0 Å². The molecule has 0 aromatic carbocycles. The van der Waals surface area contributed by atoms with Crippen molar-refractivity contribution in [2.45, 2.75) is 12.6 Å². The molecule has 1 aliphatic rings. The number of fused-ring (bicyclic) bond motifs is 1. The van der Waals surface area contributed by atoms with Gasteiger partial charge in [0.1, 0.15) is 11.8 Å². The minimum Gasteiger partial charge on any atom is -0.369 e. The molecule has 136 valence electrons. The predicted molar refractivity (Wildman–Crippen MR) is 105 cm³/mol. The van der Waals surface area contributed by atoms with Crippen molar-refractivity contribution in [2.75, 3.05) is 19.7 Å². The maximum absolute atomic E-state index is 6.03. The Bertz CT molecular complexity index is 1030. The zero-order chi connectivity index (χ0) is 18.1. The molecule has 1 fully saturated rings. The molecule has 7 heteroatoms. The minimum atomic E-state index is -0.0564. The Labute approximate surface area is 161 Å². The van der Waals surface area contributed by atoms with Crippen molar-refractivity contribution in [3.8, 4) is 11.1 Å². The summed E-state index contributed by atoms with van der Waals surface area (Å²) in [5.74, 6) is 0. The summed E-state index contributed by atoms with van der Waals surface area (Å²) in [5, 5.41) is 13.1. The maximum Gasteiger partial charge on any atom is 0.121 e. The molecule has 1 aliphatic heterocycles. The number of thiophene rings is 1. The molecule has 0 N–H and O–H groups in total. The second-order valence-electron chi connectivity index (χ2n) is 6.69. The zero-order valence-electron chi connectivity index (χ0n) is 14.7. The van der Waals surface area contributed by atoms with Crippen molar-refractivity contribution in [2.24, 2.45) is 0 Å². The van der Waals surface area contributed by atoms with E-state index in [1.165, 1.54) is 5.56 Å². The highest BCUT2D eigenvalue weighted by Crippen LogP contribution is 2.27. The lowest BCUT2D eigenvalue weighted by atomic mass is 10.1. The second-order valence-corrected chi connectivity index (χ2v) is 7.47. The highest BCUT2D eigenvalue weighted by atomic mass is 32.1. The molecule has 0 unspecified atom stereocenters. The summed E-state index contributed by atoms with van der Waals surface area (Å²) in [6.45, 7) is 3.43. The van der Waals surface area contributed by atoms with E-state index in [0.29, 0.717) is 6.61 Å². The summed E-state index contributed by atoms with van der Waals surface area (Å²) in [4.78, 5) is 6.61. The number of pyridine rings is 2. The van der Waals surface area contributed by atoms with Crippen LogP contribution in [-0.2, 0) is 11.3 Å². The van der Waals surface area contributed by atoms with E-state index < -0.39 is 0 Å². The molecule has 27 heavy (non-hydrogen) atoms. The van der Waals surface area contributed by atoms with Gasteiger partial charge in [0.2, 0.25) is 0 Å². The monoisotopic (exact) mass is 377 g/mol. The van der Waals surface area contributed by atoms with E-state index in [2.05, 4.69) is 49.2 Å². The first-order chi connectivity index (χ1) is 13.4. The van der Waals surface area contributed by atoms with Gasteiger partial charge in [-0.1, -0.05) is 17.3 Å². The summed E-state index contributed by atoms with van der Waals surface area (Å²) < 4.78 is 7.86. The van der Waals surface area contributed by atoms with Crippen molar-refractivity contribution in [3.63, 3.8) is 0 Å². The summed E-state index contributed by atoms with van der Waals surface area (Å²) in [7, 11) is 0. The molecule has 0 aliphatic carbocycles. The van der Waals surface area contributed by atoms with Crippen LogP contribution < -0.4 is 0 Å². The molecule has 5 heterocycles. The molecule has 1 saturated heterocycles. The molecule has 6 nitrogen and oxygen atoms in total. The summed E-state index contributed by atoms with van der Waals surface area (Å²) >= 11 is 1.74. The number of hydrogen-bond acceptors (Lipinski definition) is 6. The number of aromatic nitrogens is 4. The van der Waals surface area contributed by atoms with E-state index in [1.807, 2.05) is 29.0 Å². The fourth-order valence-electron chi connectivity index (χ4n) is 3.50. The predicted octanol–water partition coefficient (Wildman–Crippen LogP) is 3.43. The topological polar surface area (TPSA) is 55.5 Å². The molecular formula is C20H19N5OS. The molecule has 4 aromatic heterocycles. The van der Waals surface area contributed by atoms with E-state index in [0.717, 1.165) is 42.0 Å². The lowest BCUT2D eigenvalue weighted by molar-refractivity contribution is -0.0342. The number of ether oxygens (including phenoxy) is 1. The fourth-order valence-corrected chi connectivity index (χ4v) is 4.16. The van der Waals surface area contributed by atoms with Gasteiger partial charge in [-0.2, -0.15) is 11.3 Å². The Balaban J connectivity index is 1.39. The molecule has 0 spiro atoms. The smallest absolute Gasteiger partial charge is 0.121 e. The van der Waals surface area contributed by atoms with Gasteiger partial charge in [-0.25, -0.2) is 4.52 Å². The van der Waals surface area contributed by atoms with Crippen molar-refractivity contribution in [1.29, 1.82) is 0 Å². The quantitative estimate of drug-likeness (QED) is 0.545. The van der Waals surface area contributed by atoms with Crippen LogP contribution in [0.4, 0.5) is 0 Å². The maximum atomic E-state index is 6.03. The van der Waals surface area contributed by atoms with Crippen LogP contribution in [-0.4, -0.2) is 44.4 Å². The van der Waals surface area contributed by atoms with Gasteiger partial charge in [0, 0.05) is 49.4 Å². The number of hydrogen-bond donors (Lipinski definition) is 0. The number of rotatable bonds is 4. The lowest BCUT2D eigenvalue weighted by Crippen LogP contribution is -2.37. The average molecular weight is 377 g/mol. The van der Waals surface area contributed by atoms with E-state index in [-0.39, 0.29) is 6.10 Å². The zero-order valence-corrected chi connectivity index (χ0v) is 15.5. The molecule has 0 amide bonds. The van der Waals surface area contributed by atoms with Crippen molar-refractivity contribution >= 4 is 16.9 Å². The highest BCUT2D eigenvalue weighted by molar-refractivity contribution is 7.07. The Morgan fingerprint density at radius 1 is 1.19 bits per heavy atom. The molecule has 0 bridgehead atoms. The van der Waals surface area contributed by atoms with Gasteiger partial charge in [-0.3, -0.25) is 9.88 Å². The molecule has 1 atom stereocenters. The van der Waals surface area contributed by atoms with Crippen molar-refractivity contribution < 1.29 is 4.74 Å². The second kappa shape index (κ2) is 7.19. The van der Waals surface area contributed by atoms with Crippen LogP contribution in [0.1, 0.15) is 17.4 Å². The molecule has 4 aromatic rings. The van der Waals surface area contributed by atoms with Crippen LogP contribution >= 0.6 is 11.3 Å². The van der Waals surface area contributed by atoms with Gasteiger partial charge >= 0.3 is 0 Å². The van der Waals surface area contributed by atoms with Crippen LogP contribution in [0.5, 0.6) is 0 Å². The van der Waals surface area contributed by atoms with Gasteiger partial charge in [0.15, 0.2) is 0 Å². The summed E-state index contributed by atoms with van der Waals surface area (Å²) in [6, 6.07) is 10.3. The fraction of sp³-hybridized carbons (Fsp3) is 0.250. The molecule has 0 radical (unpaired) electrons. The van der Waals surface area contributed by atoms with Crippen molar-refractivity contribution in [1.82, 2.24) is 24.7 Å². The van der Waals surface area contributed by atoms with E-state index in [1.54, 1.807) is 17.5 Å². The standard InChI is InChI=1S/C20H19N5OS/c1-2-16(10-21-6-1)17-3-4-18-20(22-23-25(18)12-17)19-13-24(7-8-26-19)11-15-5-9-27-14-15/h1-6,9-10,12,14,19H,7-8,11,13H2/t19-/m0/s1. The first-order valence-corrected chi connectivity index (χ1v) is 9.91. The SMILES string of the molecule is c1cncc(-c2ccc3c([C@@H]4CN(Cc5ccsc5)CCO4)nnn3c2)c1. The van der Waals surface area contributed by atoms with Crippen molar-refractivity contribution in [3.05, 3.63) is 70.9 Å². The highest BCUT2D eigenvalue weighted by Gasteiger charge is 2.26. The van der Waals surface area contributed by atoms with Gasteiger partial charge < -0.3 is 4.74 Å². The Morgan fingerprint density at radius 2 is 2.19 bits per heavy atom. The molecular weight excluding hydrogens is 358 g/mol. The minimum absolute atomic E-state index is 0.0564. The van der Waals surface area contributed by atoms with E-state index in [9.17, 15) is 0 Å². The van der Waals surface area contributed by atoms with Gasteiger partial charge in [0.25, 0.3) is 0 Å². The van der Waals surface area contributed by atoms with Crippen LogP contribution in [0, 0.1) is 0 Å². The van der Waals surface area contributed by atoms with Crippen LogP contribution in [0.15, 0.2) is 59.7 Å². The number of morpholine rings is 1. The van der Waals surface area contributed by atoms with Gasteiger partial charge in [0.05, 0.1) is 12.1 Å². The Hall–Kier alpha value is -2.61. The normalized spacial score (nSPS) is 18.1. The van der Waals surface area contributed by atoms with Crippen LogP contribution in [0.3, 0.4) is 0 Å². The third-order valence-electron chi connectivity index (χ3n) is 4.88. The third-order valence-corrected chi connectivity index (χ3v) is 5.61.